The zero-order chi connectivity index (χ0) is 18.9. The number of hydrogen-bond donors (Lipinski definition) is 2. The standard InChI is InChI=1S/C16H18Cl2N4O3S/c1-21-7-9-22(10-8-21)16(23)13-5-6-14(19-13)20-26(24,25)15-11(17)3-2-4-12(15)18/h2-6,19-20H,7-10H2,1H3. The van der Waals surface area contributed by atoms with Crippen LogP contribution in [0.3, 0.4) is 0 Å². The normalized spacial score (nSPS) is 15.9. The van der Waals surface area contributed by atoms with Crippen molar-refractivity contribution in [1.82, 2.24) is 14.8 Å². The number of rotatable bonds is 4. The number of amides is 1. The van der Waals surface area contributed by atoms with E-state index in [1.807, 2.05) is 7.05 Å². The Balaban J connectivity index is 1.77. The van der Waals surface area contributed by atoms with Gasteiger partial charge in [0.1, 0.15) is 16.4 Å². The Labute approximate surface area is 161 Å². The molecule has 2 N–H and O–H groups in total. The van der Waals surface area contributed by atoms with Gasteiger partial charge in [0.25, 0.3) is 15.9 Å². The number of carbonyl (C=O) groups is 1. The Kier molecular flexibility index (Phi) is 5.47. The van der Waals surface area contributed by atoms with E-state index in [0.717, 1.165) is 13.1 Å². The molecule has 0 bridgehead atoms. The number of H-pyrrole nitrogens is 1. The summed E-state index contributed by atoms with van der Waals surface area (Å²) in [6.07, 6.45) is 0. The van der Waals surface area contributed by atoms with Crippen molar-refractivity contribution in [2.75, 3.05) is 37.9 Å². The van der Waals surface area contributed by atoms with Crippen LogP contribution in [0.5, 0.6) is 0 Å². The fraction of sp³-hybridized carbons (Fsp3) is 0.312. The molecule has 7 nitrogen and oxygen atoms in total. The van der Waals surface area contributed by atoms with Gasteiger partial charge in [-0.2, -0.15) is 0 Å². The maximum absolute atomic E-state index is 12.6. The average molecular weight is 417 g/mol. The predicted molar refractivity (Wildman–Crippen MR) is 101 cm³/mol. The molecule has 2 aromatic rings. The SMILES string of the molecule is CN1CCN(C(=O)c2ccc(NS(=O)(=O)c3c(Cl)cccc3Cl)[nH]2)CC1. The fourth-order valence-electron chi connectivity index (χ4n) is 2.69. The number of piperazine rings is 1. The number of anilines is 1. The number of aromatic nitrogens is 1. The summed E-state index contributed by atoms with van der Waals surface area (Å²) < 4.78 is 27.5. The van der Waals surface area contributed by atoms with E-state index in [9.17, 15) is 13.2 Å². The molecule has 0 saturated carbocycles. The van der Waals surface area contributed by atoms with Gasteiger partial charge in [-0.25, -0.2) is 8.42 Å². The molecule has 1 aromatic heterocycles. The highest BCUT2D eigenvalue weighted by Crippen LogP contribution is 2.30. The number of hydrogen-bond acceptors (Lipinski definition) is 4. The summed E-state index contributed by atoms with van der Waals surface area (Å²) >= 11 is 11.9. The molecule has 1 aliphatic heterocycles. The maximum atomic E-state index is 12.6. The van der Waals surface area contributed by atoms with Gasteiger partial charge < -0.3 is 14.8 Å². The molecule has 1 aliphatic rings. The summed E-state index contributed by atoms with van der Waals surface area (Å²) in [5, 5.41) is 0.0376. The second kappa shape index (κ2) is 7.48. The third-order valence-corrected chi connectivity index (χ3v) is 6.46. The fourth-order valence-corrected chi connectivity index (χ4v) is 4.86. The number of aromatic amines is 1. The highest BCUT2D eigenvalue weighted by molar-refractivity contribution is 7.93. The lowest BCUT2D eigenvalue weighted by atomic mass is 10.3. The van der Waals surface area contributed by atoms with E-state index in [4.69, 9.17) is 23.2 Å². The van der Waals surface area contributed by atoms with E-state index in [1.54, 1.807) is 17.0 Å². The lowest BCUT2D eigenvalue weighted by Gasteiger charge is -2.32. The Morgan fingerprint density at radius 2 is 1.69 bits per heavy atom. The van der Waals surface area contributed by atoms with Crippen molar-refractivity contribution in [1.29, 1.82) is 0 Å². The topological polar surface area (TPSA) is 85.5 Å². The van der Waals surface area contributed by atoms with Gasteiger partial charge in [-0.3, -0.25) is 9.52 Å². The summed E-state index contributed by atoms with van der Waals surface area (Å²) in [5.74, 6) is -0.00205. The van der Waals surface area contributed by atoms with Crippen LogP contribution in [0, 0.1) is 0 Å². The average Bonchev–Trinajstić information content (AvgIpc) is 3.02. The summed E-state index contributed by atoms with van der Waals surface area (Å²) in [5.41, 5.74) is 0.317. The van der Waals surface area contributed by atoms with E-state index < -0.39 is 10.0 Å². The number of sulfonamides is 1. The first-order chi connectivity index (χ1) is 12.3. The van der Waals surface area contributed by atoms with Crippen molar-refractivity contribution in [2.45, 2.75) is 4.90 Å². The zero-order valence-electron chi connectivity index (χ0n) is 14.0. The number of carbonyl (C=O) groups excluding carboxylic acids is 1. The minimum Gasteiger partial charge on any atom is -0.337 e. The van der Waals surface area contributed by atoms with Crippen molar-refractivity contribution < 1.29 is 13.2 Å². The number of nitrogens with one attached hydrogen (secondary N) is 2. The molecule has 0 aliphatic carbocycles. The van der Waals surface area contributed by atoms with Gasteiger partial charge in [0.15, 0.2) is 0 Å². The molecule has 0 unspecified atom stereocenters. The first-order valence-corrected chi connectivity index (χ1v) is 10.2. The van der Waals surface area contributed by atoms with Gasteiger partial charge in [0, 0.05) is 26.2 Å². The van der Waals surface area contributed by atoms with E-state index in [1.165, 1.54) is 18.2 Å². The molecule has 2 heterocycles. The van der Waals surface area contributed by atoms with Crippen LogP contribution in [0.1, 0.15) is 10.5 Å². The first-order valence-electron chi connectivity index (χ1n) is 7.91. The third-order valence-electron chi connectivity index (χ3n) is 4.14. The van der Waals surface area contributed by atoms with Crippen LogP contribution in [0.15, 0.2) is 35.2 Å². The van der Waals surface area contributed by atoms with Gasteiger partial charge in [-0.1, -0.05) is 29.3 Å². The van der Waals surface area contributed by atoms with Crippen LogP contribution >= 0.6 is 23.2 Å². The molecule has 0 radical (unpaired) electrons. The number of halogens is 2. The highest BCUT2D eigenvalue weighted by Gasteiger charge is 2.24. The zero-order valence-corrected chi connectivity index (χ0v) is 16.3. The van der Waals surface area contributed by atoms with Crippen molar-refractivity contribution in [3.63, 3.8) is 0 Å². The Hall–Kier alpha value is -1.74. The molecule has 0 spiro atoms. The second-order valence-electron chi connectivity index (χ2n) is 6.04. The summed E-state index contributed by atoms with van der Waals surface area (Å²) in [6, 6.07) is 7.49. The molecular weight excluding hydrogens is 399 g/mol. The molecule has 1 aromatic carbocycles. The number of nitrogens with zero attached hydrogens (tertiary/aromatic N) is 2. The summed E-state index contributed by atoms with van der Waals surface area (Å²) in [4.78, 5) is 19.0. The van der Waals surface area contributed by atoms with Crippen LogP contribution in [0.4, 0.5) is 5.82 Å². The Morgan fingerprint density at radius 3 is 2.31 bits per heavy atom. The molecule has 140 valence electrons. The van der Waals surface area contributed by atoms with E-state index in [0.29, 0.717) is 18.8 Å². The van der Waals surface area contributed by atoms with Crippen LogP contribution < -0.4 is 4.72 Å². The van der Waals surface area contributed by atoms with Crippen LogP contribution in [0.25, 0.3) is 0 Å². The van der Waals surface area contributed by atoms with Crippen LogP contribution in [0.2, 0.25) is 10.0 Å². The number of likely N-dealkylation sites (N-methyl/N-ethyl adjacent to an activating group) is 1. The lowest BCUT2D eigenvalue weighted by Crippen LogP contribution is -2.47. The molecule has 1 amide bonds. The molecule has 3 rings (SSSR count). The van der Waals surface area contributed by atoms with Gasteiger partial charge >= 0.3 is 0 Å². The molecule has 1 saturated heterocycles. The van der Waals surface area contributed by atoms with E-state index >= 15 is 0 Å². The second-order valence-corrected chi connectivity index (χ2v) is 8.47. The summed E-state index contributed by atoms with van der Waals surface area (Å²) in [6.45, 7) is 2.86. The minimum absolute atomic E-state index is 0.0188. The molecule has 1 fully saturated rings. The minimum atomic E-state index is -4.00. The quantitative estimate of drug-likeness (QED) is 0.801. The molecule has 26 heavy (non-hydrogen) atoms. The Bertz CT molecular complexity index is 901. The molecular formula is C16H18Cl2N4O3S. The van der Waals surface area contributed by atoms with Gasteiger partial charge in [0.2, 0.25) is 0 Å². The lowest BCUT2D eigenvalue weighted by molar-refractivity contribution is 0.0659. The molecule has 10 heteroatoms. The maximum Gasteiger partial charge on any atom is 0.270 e. The third kappa shape index (κ3) is 3.98. The highest BCUT2D eigenvalue weighted by atomic mass is 35.5. The van der Waals surface area contributed by atoms with Crippen molar-refractivity contribution in [2.24, 2.45) is 0 Å². The number of benzene rings is 1. The van der Waals surface area contributed by atoms with Gasteiger partial charge in [-0.05, 0) is 31.3 Å². The van der Waals surface area contributed by atoms with Crippen molar-refractivity contribution >= 4 is 45.0 Å². The van der Waals surface area contributed by atoms with E-state index in [2.05, 4.69) is 14.6 Å². The van der Waals surface area contributed by atoms with Gasteiger partial charge in [0.05, 0.1) is 10.0 Å². The van der Waals surface area contributed by atoms with Gasteiger partial charge in [-0.15, -0.1) is 0 Å². The smallest absolute Gasteiger partial charge is 0.270 e. The van der Waals surface area contributed by atoms with Crippen LogP contribution in [-0.4, -0.2) is 62.3 Å². The monoisotopic (exact) mass is 416 g/mol. The largest absolute Gasteiger partial charge is 0.337 e. The van der Waals surface area contributed by atoms with E-state index in [-0.39, 0.29) is 26.7 Å². The molecule has 0 atom stereocenters. The first kappa shape index (κ1) is 19.0. The van der Waals surface area contributed by atoms with Crippen molar-refractivity contribution in [3.8, 4) is 0 Å². The van der Waals surface area contributed by atoms with Crippen molar-refractivity contribution in [3.05, 3.63) is 46.1 Å². The summed E-state index contributed by atoms with van der Waals surface area (Å²) in [7, 11) is -1.99. The van der Waals surface area contributed by atoms with Crippen LogP contribution in [-0.2, 0) is 10.0 Å². The Morgan fingerprint density at radius 1 is 1.08 bits per heavy atom. The predicted octanol–water partition coefficient (Wildman–Crippen LogP) is 2.51.